The van der Waals surface area contributed by atoms with Crippen LogP contribution in [0.1, 0.15) is 39.0 Å². The second-order valence-electron chi connectivity index (χ2n) is 5.29. The highest BCUT2D eigenvalue weighted by Gasteiger charge is 2.21. The first-order valence-electron chi connectivity index (χ1n) is 7.08. The monoisotopic (exact) mass is 340 g/mol. The summed E-state index contributed by atoms with van der Waals surface area (Å²) in [5.74, 6) is 0.471. The number of rotatable bonds is 4. The lowest BCUT2D eigenvalue weighted by molar-refractivity contribution is -0.128. The first kappa shape index (κ1) is 15.2. The van der Waals surface area contributed by atoms with Gasteiger partial charge in [0.1, 0.15) is 5.75 Å². The molecule has 1 fully saturated rings. The molecule has 1 atom stereocenters. The summed E-state index contributed by atoms with van der Waals surface area (Å²) < 4.78 is 6.54. The second-order valence-corrected chi connectivity index (χ2v) is 6.20. The molecule has 0 spiro atoms. The Balaban J connectivity index is 1.89. The Labute approximate surface area is 128 Å². The Morgan fingerprint density at radius 1 is 1.40 bits per heavy atom. The van der Waals surface area contributed by atoms with Gasteiger partial charge in [0.25, 0.3) is 5.91 Å². The van der Waals surface area contributed by atoms with Gasteiger partial charge in [0.2, 0.25) is 0 Å². The molecular weight excluding hydrogens is 320 g/mol. The first-order valence-corrected chi connectivity index (χ1v) is 7.87. The van der Waals surface area contributed by atoms with Gasteiger partial charge in [-0.2, -0.15) is 0 Å². The number of nitrogens with two attached hydrogens (primary N) is 1. The molecule has 20 heavy (non-hydrogen) atoms. The molecular formula is C15H21BrN2O2. The van der Waals surface area contributed by atoms with E-state index in [-0.39, 0.29) is 5.91 Å². The number of amides is 1. The molecule has 3 N–H and O–H groups in total. The molecule has 0 radical (unpaired) electrons. The average molecular weight is 341 g/mol. The maximum Gasteiger partial charge on any atom is 0.260 e. The van der Waals surface area contributed by atoms with E-state index in [4.69, 9.17) is 10.5 Å². The SMILES string of the molecule is CC(Oc1ccc(Br)cc1N)C(=O)NC1CCCCC1. The third-order valence-electron chi connectivity index (χ3n) is 3.60. The van der Waals surface area contributed by atoms with Crippen molar-refractivity contribution in [3.63, 3.8) is 0 Å². The second kappa shape index (κ2) is 6.97. The molecule has 1 amide bonds. The van der Waals surface area contributed by atoms with Crippen molar-refractivity contribution in [2.45, 2.75) is 51.2 Å². The Kier molecular flexibility index (Phi) is 5.29. The first-order chi connectivity index (χ1) is 9.56. The fraction of sp³-hybridized carbons (Fsp3) is 0.533. The maximum atomic E-state index is 12.1. The van der Waals surface area contributed by atoms with E-state index < -0.39 is 6.10 Å². The summed E-state index contributed by atoms with van der Waals surface area (Å²) in [6, 6.07) is 5.67. The van der Waals surface area contributed by atoms with Crippen molar-refractivity contribution in [2.24, 2.45) is 0 Å². The van der Waals surface area contributed by atoms with E-state index in [2.05, 4.69) is 21.2 Å². The van der Waals surface area contributed by atoms with Crippen LogP contribution in [-0.4, -0.2) is 18.1 Å². The van der Waals surface area contributed by atoms with Crippen LogP contribution in [0, 0.1) is 0 Å². The van der Waals surface area contributed by atoms with Crippen molar-refractivity contribution >= 4 is 27.5 Å². The molecule has 0 aliphatic heterocycles. The van der Waals surface area contributed by atoms with Gasteiger partial charge in [-0.05, 0) is 38.0 Å². The summed E-state index contributed by atoms with van der Waals surface area (Å²) in [5, 5.41) is 3.06. The molecule has 1 unspecified atom stereocenters. The van der Waals surface area contributed by atoms with Crippen LogP contribution in [0.15, 0.2) is 22.7 Å². The zero-order valence-corrected chi connectivity index (χ0v) is 13.3. The van der Waals surface area contributed by atoms with Crippen LogP contribution in [0.3, 0.4) is 0 Å². The molecule has 0 saturated heterocycles. The van der Waals surface area contributed by atoms with Crippen molar-refractivity contribution in [3.05, 3.63) is 22.7 Å². The highest BCUT2D eigenvalue weighted by molar-refractivity contribution is 9.10. The van der Waals surface area contributed by atoms with E-state index in [1.54, 1.807) is 19.1 Å². The Morgan fingerprint density at radius 2 is 2.10 bits per heavy atom. The largest absolute Gasteiger partial charge is 0.479 e. The van der Waals surface area contributed by atoms with Crippen LogP contribution >= 0.6 is 15.9 Å². The topological polar surface area (TPSA) is 64.3 Å². The fourth-order valence-electron chi connectivity index (χ4n) is 2.44. The van der Waals surface area contributed by atoms with Gasteiger partial charge in [-0.3, -0.25) is 4.79 Å². The van der Waals surface area contributed by atoms with Gasteiger partial charge < -0.3 is 15.8 Å². The highest BCUT2D eigenvalue weighted by Crippen LogP contribution is 2.26. The molecule has 2 rings (SSSR count). The lowest BCUT2D eigenvalue weighted by atomic mass is 9.95. The lowest BCUT2D eigenvalue weighted by Gasteiger charge is -2.24. The zero-order chi connectivity index (χ0) is 14.5. The van der Waals surface area contributed by atoms with E-state index in [0.29, 0.717) is 17.5 Å². The third kappa shape index (κ3) is 4.13. The minimum absolute atomic E-state index is 0.0702. The molecule has 4 nitrogen and oxygen atoms in total. The van der Waals surface area contributed by atoms with Gasteiger partial charge in [0.05, 0.1) is 5.69 Å². The number of nitrogens with one attached hydrogen (secondary N) is 1. The predicted octanol–water partition coefficient (Wildman–Crippen LogP) is 3.25. The van der Waals surface area contributed by atoms with Crippen molar-refractivity contribution in [1.82, 2.24) is 5.32 Å². The van der Waals surface area contributed by atoms with Gasteiger partial charge in [-0.1, -0.05) is 35.2 Å². The van der Waals surface area contributed by atoms with Gasteiger partial charge in [0.15, 0.2) is 6.10 Å². The molecule has 1 aromatic carbocycles. The lowest BCUT2D eigenvalue weighted by Crippen LogP contribution is -2.43. The zero-order valence-electron chi connectivity index (χ0n) is 11.7. The summed E-state index contributed by atoms with van der Waals surface area (Å²) in [5.41, 5.74) is 6.39. The Morgan fingerprint density at radius 3 is 2.75 bits per heavy atom. The number of carbonyl (C=O) groups excluding carboxylic acids is 1. The van der Waals surface area contributed by atoms with Gasteiger partial charge in [-0.25, -0.2) is 0 Å². The van der Waals surface area contributed by atoms with Gasteiger partial charge in [-0.15, -0.1) is 0 Å². The summed E-state index contributed by atoms with van der Waals surface area (Å²) in [4.78, 5) is 12.1. The number of nitrogen functional groups attached to an aromatic ring is 1. The number of ether oxygens (including phenoxy) is 1. The normalized spacial score (nSPS) is 17.5. The van der Waals surface area contributed by atoms with Crippen LogP contribution in [-0.2, 0) is 4.79 Å². The number of halogens is 1. The van der Waals surface area contributed by atoms with Crippen molar-refractivity contribution in [1.29, 1.82) is 0 Å². The quantitative estimate of drug-likeness (QED) is 0.827. The van der Waals surface area contributed by atoms with E-state index in [1.165, 1.54) is 19.3 Å². The summed E-state index contributed by atoms with van der Waals surface area (Å²) >= 11 is 3.34. The Hall–Kier alpha value is -1.23. The van der Waals surface area contributed by atoms with Crippen molar-refractivity contribution < 1.29 is 9.53 Å². The predicted molar refractivity (Wildman–Crippen MR) is 83.7 cm³/mol. The summed E-state index contributed by atoms with van der Waals surface area (Å²) in [6.45, 7) is 1.75. The van der Waals surface area contributed by atoms with E-state index in [1.807, 2.05) is 6.07 Å². The van der Waals surface area contributed by atoms with Crippen LogP contribution in [0.2, 0.25) is 0 Å². The van der Waals surface area contributed by atoms with E-state index >= 15 is 0 Å². The fourth-order valence-corrected chi connectivity index (χ4v) is 2.81. The van der Waals surface area contributed by atoms with Crippen LogP contribution in [0.5, 0.6) is 5.75 Å². The number of anilines is 1. The number of hydrogen-bond donors (Lipinski definition) is 2. The van der Waals surface area contributed by atoms with Crippen LogP contribution in [0.4, 0.5) is 5.69 Å². The van der Waals surface area contributed by atoms with Gasteiger partial charge >= 0.3 is 0 Å². The van der Waals surface area contributed by atoms with Crippen LogP contribution in [0.25, 0.3) is 0 Å². The van der Waals surface area contributed by atoms with Crippen LogP contribution < -0.4 is 15.8 Å². The summed E-state index contributed by atoms with van der Waals surface area (Å²) in [6.07, 6.45) is 5.26. The summed E-state index contributed by atoms with van der Waals surface area (Å²) in [7, 11) is 0. The molecule has 1 aromatic rings. The van der Waals surface area contributed by atoms with Crippen molar-refractivity contribution in [2.75, 3.05) is 5.73 Å². The smallest absolute Gasteiger partial charge is 0.260 e. The number of hydrogen-bond acceptors (Lipinski definition) is 3. The molecule has 1 saturated carbocycles. The molecule has 1 aliphatic carbocycles. The Bertz CT molecular complexity index is 473. The standard InChI is InChI=1S/C15H21BrN2O2/c1-10(15(19)18-12-5-3-2-4-6-12)20-14-8-7-11(16)9-13(14)17/h7-10,12H,2-6,17H2,1H3,(H,18,19). The molecule has 0 aromatic heterocycles. The molecule has 1 aliphatic rings. The van der Waals surface area contributed by atoms with Crippen molar-refractivity contribution in [3.8, 4) is 5.75 Å². The number of benzene rings is 1. The van der Waals surface area contributed by atoms with Gasteiger partial charge in [0, 0.05) is 10.5 Å². The highest BCUT2D eigenvalue weighted by atomic mass is 79.9. The molecule has 0 heterocycles. The maximum absolute atomic E-state index is 12.1. The minimum atomic E-state index is -0.541. The van der Waals surface area contributed by atoms with E-state index in [9.17, 15) is 4.79 Å². The molecule has 0 bridgehead atoms. The molecule has 5 heteroatoms. The average Bonchev–Trinajstić information content (AvgIpc) is 2.43. The van der Waals surface area contributed by atoms with E-state index in [0.717, 1.165) is 17.3 Å². The minimum Gasteiger partial charge on any atom is -0.479 e. The third-order valence-corrected chi connectivity index (χ3v) is 4.09. The molecule has 110 valence electrons. The number of carbonyl (C=O) groups is 1.